The zero-order valence-corrected chi connectivity index (χ0v) is 11.4. The summed E-state index contributed by atoms with van der Waals surface area (Å²) in [6.45, 7) is 1.99. The Labute approximate surface area is 119 Å². The van der Waals surface area contributed by atoms with Crippen LogP contribution in [0.15, 0.2) is 48.3 Å². The lowest BCUT2D eigenvalue weighted by molar-refractivity contribution is 0.390. The van der Waals surface area contributed by atoms with Crippen LogP contribution >= 0.6 is 0 Å². The lowest BCUT2D eigenvalue weighted by Gasteiger charge is -2.00. The summed E-state index contributed by atoms with van der Waals surface area (Å²) in [4.78, 5) is 0. The van der Waals surface area contributed by atoms with Crippen LogP contribution in [0.4, 0.5) is 0 Å². The molecule has 0 bridgehead atoms. The maximum atomic E-state index is 8.49. The van der Waals surface area contributed by atoms with Crippen LogP contribution in [0.1, 0.15) is 25.3 Å². The van der Waals surface area contributed by atoms with Gasteiger partial charge in [0, 0.05) is 0 Å². The van der Waals surface area contributed by atoms with Gasteiger partial charge in [-0.25, -0.2) is 0 Å². The fourth-order valence-electron chi connectivity index (χ4n) is 1.62. The first-order valence-electron chi connectivity index (χ1n) is 6.37. The van der Waals surface area contributed by atoms with Crippen LogP contribution in [0.5, 0.6) is 5.75 Å². The molecule has 0 saturated heterocycles. The number of hydrogen-bond acceptors (Lipinski definition) is 4. The van der Waals surface area contributed by atoms with Crippen molar-refractivity contribution in [2.24, 2.45) is 0 Å². The lowest BCUT2D eigenvalue weighted by Crippen LogP contribution is -1.86. The second-order valence-corrected chi connectivity index (χ2v) is 3.99. The Bertz CT molecular complexity index is 545. The Balaban J connectivity index is 2.45. The zero-order chi connectivity index (χ0) is 14.6. The Morgan fingerprint density at radius 2 is 1.95 bits per heavy atom. The van der Waals surface area contributed by atoms with Crippen LogP contribution in [0, 0.1) is 23.0 Å². The molecule has 0 unspecified atom stereocenters. The van der Waals surface area contributed by atoms with Crippen LogP contribution < -0.4 is 4.74 Å². The molecule has 1 aromatic carbocycles. The maximum absolute atomic E-state index is 8.49. The number of allylic oxidation sites excluding steroid dienone is 3. The van der Waals surface area contributed by atoms with E-state index in [2.05, 4.69) is 0 Å². The molecule has 0 aromatic heterocycles. The summed E-state index contributed by atoms with van der Waals surface area (Å²) < 4.78 is 9.52. The van der Waals surface area contributed by atoms with Crippen LogP contribution in [-0.4, -0.2) is 0 Å². The molecule has 0 aliphatic heterocycles. The molecule has 0 heterocycles. The summed E-state index contributed by atoms with van der Waals surface area (Å²) in [6.07, 6.45) is 11.5. The lowest BCUT2D eigenvalue weighted by atomic mass is 10.1. The number of nitriles is 2. The summed E-state index contributed by atoms with van der Waals surface area (Å²) in [5.74, 6) is 1.12. The van der Waals surface area contributed by atoms with E-state index in [1.165, 1.54) is 0 Å². The fraction of sp³-hybridized carbons (Fsp3) is 0.250. The van der Waals surface area contributed by atoms with E-state index in [0.717, 1.165) is 24.8 Å². The Kier molecular flexibility index (Phi) is 7.09. The van der Waals surface area contributed by atoms with E-state index >= 15 is 0 Å². The van der Waals surface area contributed by atoms with Crippen molar-refractivity contribution in [3.63, 3.8) is 0 Å². The molecule has 0 N–H and O–H groups in total. The van der Waals surface area contributed by atoms with Gasteiger partial charge in [0.05, 0.1) is 0 Å². The number of benzene rings is 1. The number of aryl methyl sites for hydroxylation is 1. The highest BCUT2D eigenvalue weighted by Crippen LogP contribution is 2.13. The minimum absolute atomic E-state index is 0.544. The van der Waals surface area contributed by atoms with Crippen LogP contribution in [0.3, 0.4) is 0 Å². The second-order valence-electron chi connectivity index (χ2n) is 3.99. The van der Waals surface area contributed by atoms with E-state index in [-0.39, 0.29) is 0 Å². The largest absolute Gasteiger partial charge is 0.388 e. The number of rotatable bonds is 7. The van der Waals surface area contributed by atoms with Crippen molar-refractivity contribution in [2.45, 2.75) is 26.2 Å². The summed E-state index contributed by atoms with van der Waals surface area (Å²) in [5.41, 5.74) is 1.15. The van der Waals surface area contributed by atoms with E-state index in [1.807, 2.05) is 31.2 Å². The van der Waals surface area contributed by atoms with E-state index in [4.69, 9.17) is 20.0 Å². The minimum atomic E-state index is 0.544. The SMILES string of the molecule is CCC=C(/C=C\CCc1ccc(OC#N)cc1)OC#N. The molecule has 0 spiro atoms. The zero-order valence-electron chi connectivity index (χ0n) is 11.4. The van der Waals surface area contributed by atoms with E-state index in [9.17, 15) is 0 Å². The van der Waals surface area contributed by atoms with Gasteiger partial charge in [-0.05, 0) is 49.1 Å². The van der Waals surface area contributed by atoms with Crippen LogP contribution in [0.25, 0.3) is 0 Å². The predicted octanol–water partition coefficient (Wildman–Crippen LogP) is 3.83. The third-order valence-corrected chi connectivity index (χ3v) is 2.54. The van der Waals surface area contributed by atoms with Gasteiger partial charge in [-0.1, -0.05) is 25.1 Å². The average molecular weight is 268 g/mol. The molecular weight excluding hydrogens is 252 g/mol. The highest BCUT2D eigenvalue weighted by molar-refractivity contribution is 5.28. The van der Waals surface area contributed by atoms with E-state index < -0.39 is 0 Å². The van der Waals surface area contributed by atoms with Crippen LogP contribution in [0.2, 0.25) is 0 Å². The number of nitrogens with zero attached hydrogens (tertiary/aromatic N) is 2. The third kappa shape index (κ3) is 5.75. The summed E-state index contributed by atoms with van der Waals surface area (Å²) in [7, 11) is 0. The molecule has 1 rings (SSSR count). The smallest absolute Gasteiger partial charge is 0.292 e. The predicted molar refractivity (Wildman–Crippen MR) is 75.2 cm³/mol. The third-order valence-electron chi connectivity index (χ3n) is 2.54. The van der Waals surface area contributed by atoms with Gasteiger partial charge in [0.15, 0.2) is 0 Å². The monoisotopic (exact) mass is 268 g/mol. The normalized spacial score (nSPS) is 10.8. The molecule has 0 aliphatic carbocycles. The first-order chi connectivity index (χ1) is 9.80. The van der Waals surface area contributed by atoms with Gasteiger partial charge in [-0.3, -0.25) is 0 Å². The minimum Gasteiger partial charge on any atom is -0.388 e. The topological polar surface area (TPSA) is 66.0 Å². The highest BCUT2D eigenvalue weighted by atomic mass is 16.5. The molecule has 0 aliphatic rings. The maximum Gasteiger partial charge on any atom is 0.292 e. The van der Waals surface area contributed by atoms with Crippen LogP contribution in [-0.2, 0) is 11.2 Å². The average Bonchev–Trinajstić information content (AvgIpc) is 2.46. The van der Waals surface area contributed by atoms with Crippen molar-refractivity contribution >= 4 is 0 Å². The van der Waals surface area contributed by atoms with Crippen molar-refractivity contribution in [3.05, 3.63) is 53.8 Å². The van der Waals surface area contributed by atoms with Gasteiger partial charge < -0.3 is 9.47 Å². The standard InChI is InChI=1S/C16H16N2O2/c1-2-5-15(19-12-17)7-4-3-6-14-8-10-16(11-9-14)20-13-18/h4-5,7-11H,2-3,6H2,1H3/b7-4-,15-5?. The number of hydrogen-bond donors (Lipinski definition) is 0. The van der Waals surface area contributed by atoms with Crippen molar-refractivity contribution in [1.29, 1.82) is 10.5 Å². The van der Waals surface area contributed by atoms with Gasteiger partial charge in [-0.15, -0.1) is 10.5 Å². The van der Waals surface area contributed by atoms with Crippen molar-refractivity contribution in [2.75, 3.05) is 0 Å². The quantitative estimate of drug-likeness (QED) is 0.428. The molecule has 102 valence electrons. The van der Waals surface area contributed by atoms with Crippen molar-refractivity contribution in [1.82, 2.24) is 0 Å². The van der Waals surface area contributed by atoms with Gasteiger partial charge >= 0.3 is 0 Å². The molecular formula is C16H16N2O2. The van der Waals surface area contributed by atoms with Crippen molar-refractivity contribution in [3.8, 4) is 18.3 Å². The first-order valence-corrected chi connectivity index (χ1v) is 6.37. The molecule has 20 heavy (non-hydrogen) atoms. The molecule has 4 heteroatoms. The highest BCUT2D eigenvalue weighted by Gasteiger charge is 1.95. The molecule has 0 radical (unpaired) electrons. The Morgan fingerprint density at radius 3 is 2.55 bits per heavy atom. The number of ether oxygens (including phenoxy) is 2. The second kappa shape index (κ2) is 9.24. The fourth-order valence-corrected chi connectivity index (χ4v) is 1.62. The summed E-state index contributed by atoms with van der Waals surface area (Å²) in [5, 5.41) is 16.9. The van der Waals surface area contributed by atoms with E-state index in [0.29, 0.717) is 11.5 Å². The van der Waals surface area contributed by atoms with Gasteiger partial charge in [0.1, 0.15) is 11.5 Å². The Hall–Kier alpha value is -2.72. The molecule has 0 saturated carbocycles. The summed E-state index contributed by atoms with van der Waals surface area (Å²) in [6, 6.07) is 7.39. The molecule has 4 nitrogen and oxygen atoms in total. The molecule has 0 fully saturated rings. The summed E-state index contributed by atoms with van der Waals surface area (Å²) >= 11 is 0. The van der Waals surface area contributed by atoms with Gasteiger partial charge in [0.2, 0.25) is 0 Å². The Morgan fingerprint density at radius 1 is 1.20 bits per heavy atom. The van der Waals surface area contributed by atoms with Gasteiger partial charge in [-0.2, -0.15) is 0 Å². The molecule has 0 atom stereocenters. The van der Waals surface area contributed by atoms with E-state index in [1.54, 1.807) is 30.7 Å². The van der Waals surface area contributed by atoms with Crippen molar-refractivity contribution < 1.29 is 9.47 Å². The van der Waals surface area contributed by atoms with Gasteiger partial charge in [0.25, 0.3) is 12.5 Å². The first kappa shape index (κ1) is 15.3. The molecule has 0 amide bonds. The molecule has 1 aromatic rings.